The molecule has 0 fully saturated rings. The molecule has 1 heterocycles. The Bertz CT molecular complexity index is 1080. The Balaban J connectivity index is 1.56. The van der Waals surface area contributed by atoms with Crippen molar-refractivity contribution in [3.05, 3.63) is 101 Å². The van der Waals surface area contributed by atoms with E-state index in [9.17, 15) is 4.79 Å². The highest BCUT2D eigenvalue weighted by molar-refractivity contribution is 5.96. The van der Waals surface area contributed by atoms with Crippen LogP contribution >= 0.6 is 0 Å². The standard InChI is InChI=1S/C24H20O4/c1-17-11-13-18(14-12-17)15-27-24(25)23-21(16-26-19-7-3-2-4-8-19)20-9-5-6-10-22(20)28-23/h2-14H,15-16H2,1H3. The molecule has 0 radical (unpaired) electrons. The summed E-state index contributed by atoms with van der Waals surface area (Å²) in [6.07, 6.45) is 0. The number of hydrogen-bond acceptors (Lipinski definition) is 4. The van der Waals surface area contributed by atoms with Gasteiger partial charge in [0.2, 0.25) is 5.76 Å². The third kappa shape index (κ3) is 3.91. The normalized spacial score (nSPS) is 10.8. The fourth-order valence-corrected chi connectivity index (χ4v) is 2.98. The molecule has 140 valence electrons. The highest BCUT2D eigenvalue weighted by Gasteiger charge is 2.22. The molecule has 0 aliphatic rings. The molecule has 0 saturated carbocycles. The van der Waals surface area contributed by atoms with E-state index in [1.807, 2.05) is 85.8 Å². The zero-order chi connectivity index (χ0) is 19.3. The lowest BCUT2D eigenvalue weighted by molar-refractivity contribution is 0.0435. The van der Waals surface area contributed by atoms with E-state index in [1.54, 1.807) is 0 Å². The molecule has 0 unspecified atom stereocenters. The molecule has 4 nitrogen and oxygen atoms in total. The average molecular weight is 372 g/mol. The summed E-state index contributed by atoms with van der Waals surface area (Å²) in [6, 6.07) is 24.9. The van der Waals surface area contributed by atoms with Gasteiger partial charge in [0.15, 0.2) is 0 Å². The molecule has 0 saturated heterocycles. The Hall–Kier alpha value is -3.53. The molecule has 0 bridgehead atoms. The number of fused-ring (bicyclic) bond motifs is 1. The Morgan fingerprint density at radius 3 is 2.36 bits per heavy atom. The molecule has 0 atom stereocenters. The van der Waals surface area contributed by atoms with Gasteiger partial charge in [0.05, 0.1) is 5.56 Å². The molecule has 4 aromatic rings. The second-order valence-corrected chi connectivity index (χ2v) is 6.57. The van der Waals surface area contributed by atoms with E-state index in [0.29, 0.717) is 11.1 Å². The number of rotatable bonds is 6. The first-order valence-electron chi connectivity index (χ1n) is 9.11. The number of carbonyl (C=O) groups is 1. The molecule has 0 N–H and O–H groups in total. The fourth-order valence-electron chi connectivity index (χ4n) is 2.98. The van der Waals surface area contributed by atoms with E-state index >= 15 is 0 Å². The zero-order valence-electron chi connectivity index (χ0n) is 15.6. The SMILES string of the molecule is Cc1ccc(COC(=O)c2oc3ccccc3c2COc2ccccc2)cc1. The van der Waals surface area contributed by atoms with Gasteiger partial charge in [0, 0.05) is 5.39 Å². The van der Waals surface area contributed by atoms with Gasteiger partial charge in [-0.1, -0.05) is 66.2 Å². The molecular weight excluding hydrogens is 352 g/mol. The first kappa shape index (κ1) is 17.9. The maximum atomic E-state index is 12.7. The molecule has 28 heavy (non-hydrogen) atoms. The van der Waals surface area contributed by atoms with Gasteiger partial charge in [-0.05, 0) is 30.7 Å². The zero-order valence-corrected chi connectivity index (χ0v) is 15.6. The lowest BCUT2D eigenvalue weighted by Gasteiger charge is -2.08. The van der Waals surface area contributed by atoms with Crippen LogP contribution in [-0.2, 0) is 18.0 Å². The van der Waals surface area contributed by atoms with Crippen molar-refractivity contribution in [1.82, 2.24) is 0 Å². The Kier molecular flexibility index (Phi) is 5.11. The lowest BCUT2D eigenvalue weighted by Crippen LogP contribution is -2.08. The quantitative estimate of drug-likeness (QED) is 0.409. The molecule has 0 spiro atoms. The second-order valence-electron chi connectivity index (χ2n) is 6.57. The van der Waals surface area contributed by atoms with Gasteiger partial charge < -0.3 is 13.9 Å². The minimum Gasteiger partial charge on any atom is -0.489 e. The first-order chi connectivity index (χ1) is 13.7. The summed E-state index contributed by atoms with van der Waals surface area (Å²) in [7, 11) is 0. The maximum absolute atomic E-state index is 12.7. The number of benzene rings is 3. The van der Waals surface area contributed by atoms with Gasteiger partial charge in [-0.2, -0.15) is 0 Å². The number of para-hydroxylation sites is 2. The summed E-state index contributed by atoms with van der Waals surface area (Å²) in [5, 5.41) is 0.848. The van der Waals surface area contributed by atoms with Crippen LogP contribution in [0.1, 0.15) is 27.2 Å². The van der Waals surface area contributed by atoms with Gasteiger partial charge in [-0.15, -0.1) is 0 Å². The van der Waals surface area contributed by atoms with Crippen molar-refractivity contribution in [3.63, 3.8) is 0 Å². The summed E-state index contributed by atoms with van der Waals surface area (Å²) in [5.41, 5.74) is 3.41. The van der Waals surface area contributed by atoms with Crippen LogP contribution in [0.3, 0.4) is 0 Å². The van der Waals surface area contributed by atoms with Crippen molar-refractivity contribution in [1.29, 1.82) is 0 Å². The van der Waals surface area contributed by atoms with E-state index in [4.69, 9.17) is 13.9 Å². The summed E-state index contributed by atoms with van der Waals surface area (Å²) in [6.45, 7) is 2.42. The highest BCUT2D eigenvalue weighted by atomic mass is 16.5. The first-order valence-corrected chi connectivity index (χ1v) is 9.11. The molecule has 0 amide bonds. The number of esters is 1. The van der Waals surface area contributed by atoms with E-state index in [1.165, 1.54) is 0 Å². The summed E-state index contributed by atoms with van der Waals surface area (Å²) < 4.78 is 17.1. The topological polar surface area (TPSA) is 48.7 Å². The smallest absolute Gasteiger partial charge is 0.375 e. The molecule has 0 aliphatic carbocycles. The van der Waals surface area contributed by atoms with Gasteiger partial charge in [0.25, 0.3) is 0 Å². The average Bonchev–Trinajstić information content (AvgIpc) is 3.11. The molecular formula is C24H20O4. The predicted molar refractivity (Wildman–Crippen MR) is 107 cm³/mol. The molecule has 0 aliphatic heterocycles. The van der Waals surface area contributed by atoms with Crippen molar-refractivity contribution in [2.75, 3.05) is 0 Å². The summed E-state index contributed by atoms with van der Waals surface area (Å²) in [4.78, 5) is 12.7. The fraction of sp³-hybridized carbons (Fsp3) is 0.125. The van der Waals surface area contributed by atoms with E-state index in [0.717, 1.165) is 22.3 Å². The third-order valence-electron chi connectivity index (χ3n) is 4.50. The van der Waals surface area contributed by atoms with Crippen LogP contribution in [0.2, 0.25) is 0 Å². The third-order valence-corrected chi connectivity index (χ3v) is 4.50. The largest absolute Gasteiger partial charge is 0.489 e. The molecule has 4 rings (SSSR count). The van der Waals surface area contributed by atoms with Crippen molar-refractivity contribution >= 4 is 16.9 Å². The maximum Gasteiger partial charge on any atom is 0.375 e. The molecule has 3 aromatic carbocycles. The van der Waals surface area contributed by atoms with Crippen molar-refractivity contribution < 1.29 is 18.7 Å². The van der Waals surface area contributed by atoms with Crippen LogP contribution < -0.4 is 4.74 Å². The van der Waals surface area contributed by atoms with Crippen LogP contribution in [0.15, 0.2) is 83.3 Å². The number of aryl methyl sites for hydroxylation is 1. The van der Waals surface area contributed by atoms with E-state index < -0.39 is 5.97 Å². The Morgan fingerprint density at radius 1 is 0.857 bits per heavy atom. The van der Waals surface area contributed by atoms with Crippen molar-refractivity contribution in [2.24, 2.45) is 0 Å². The van der Waals surface area contributed by atoms with Gasteiger partial charge in [0.1, 0.15) is 24.5 Å². The highest BCUT2D eigenvalue weighted by Crippen LogP contribution is 2.28. The Morgan fingerprint density at radius 2 is 1.57 bits per heavy atom. The Labute approximate surface area is 163 Å². The minimum absolute atomic E-state index is 0.184. The predicted octanol–water partition coefficient (Wildman–Crippen LogP) is 5.68. The van der Waals surface area contributed by atoms with Gasteiger partial charge in [-0.25, -0.2) is 4.79 Å². The summed E-state index contributed by atoms with van der Waals surface area (Å²) in [5.74, 6) is 0.416. The number of furan rings is 1. The number of hydrogen-bond donors (Lipinski definition) is 0. The van der Waals surface area contributed by atoms with Crippen molar-refractivity contribution in [2.45, 2.75) is 20.1 Å². The minimum atomic E-state index is -0.497. The van der Waals surface area contributed by atoms with Crippen LogP contribution in [0.5, 0.6) is 5.75 Å². The van der Waals surface area contributed by atoms with Crippen LogP contribution in [0.4, 0.5) is 0 Å². The monoisotopic (exact) mass is 372 g/mol. The van der Waals surface area contributed by atoms with Crippen molar-refractivity contribution in [3.8, 4) is 5.75 Å². The molecule has 1 aromatic heterocycles. The van der Waals surface area contributed by atoms with Crippen LogP contribution in [-0.4, -0.2) is 5.97 Å². The number of ether oxygens (including phenoxy) is 2. The van der Waals surface area contributed by atoms with Crippen LogP contribution in [0, 0.1) is 6.92 Å². The van der Waals surface area contributed by atoms with Gasteiger partial charge in [-0.3, -0.25) is 0 Å². The van der Waals surface area contributed by atoms with Crippen LogP contribution in [0.25, 0.3) is 11.0 Å². The second kappa shape index (κ2) is 8.01. The van der Waals surface area contributed by atoms with E-state index in [-0.39, 0.29) is 19.0 Å². The molecule has 4 heteroatoms. The number of carbonyl (C=O) groups excluding carboxylic acids is 1. The van der Waals surface area contributed by atoms with E-state index in [2.05, 4.69) is 0 Å². The lowest BCUT2D eigenvalue weighted by atomic mass is 10.1. The summed E-state index contributed by atoms with van der Waals surface area (Å²) >= 11 is 0. The van der Waals surface area contributed by atoms with Gasteiger partial charge >= 0.3 is 5.97 Å².